The van der Waals surface area contributed by atoms with E-state index in [1.54, 1.807) is 23.9 Å². The third-order valence-corrected chi connectivity index (χ3v) is 5.39. The largest absolute Gasteiger partial charge is 0.496 e. The van der Waals surface area contributed by atoms with Gasteiger partial charge in [-0.2, -0.15) is 0 Å². The Bertz CT molecular complexity index is 936. The minimum absolute atomic E-state index is 0.129. The minimum Gasteiger partial charge on any atom is -0.496 e. The number of likely N-dealkylation sites (N-methyl/N-ethyl adjacent to an activating group) is 1. The van der Waals surface area contributed by atoms with E-state index in [0.29, 0.717) is 6.54 Å². The number of ether oxygens (including phenoxy) is 1. The van der Waals surface area contributed by atoms with Crippen molar-refractivity contribution in [3.63, 3.8) is 0 Å². The molecule has 1 aliphatic rings. The summed E-state index contributed by atoms with van der Waals surface area (Å²) in [6.07, 6.45) is 0. The van der Waals surface area contributed by atoms with Gasteiger partial charge in [0, 0.05) is 31.7 Å². The molecule has 0 N–H and O–H groups in total. The summed E-state index contributed by atoms with van der Waals surface area (Å²) in [5.74, 6) is 1.31. The first-order chi connectivity index (χ1) is 14.2. The molecule has 0 aliphatic carbocycles. The average Bonchev–Trinajstić information content (AvgIpc) is 3.19. The van der Waals surface area contributed by atoms with Gasteiger partial charge in [0.1, 0.15) is 17.6 Å². The molecule has 8 heteroatoms. The fourth-order valence-corrected chi connectivity index (χ4v) is 3.75. The van der Waals surface area contributed by atoms with Gasteiger partial charge in [0.05, 0.1) is 13.7 Å². The molecule has 4 rings (SSSR count). The summed E-state index contributed by atoms with van der Waals surface area (Å²) in [4.78, 5) is 4.71. The Morgan fingerprint density at radius 3 is 2.48 bits per heavy atom. The van der Waals surface area contributed by atoms with Gasteiger partial charge >= 0.3 is 0 Å². The predicted octanol–water partition coefficient (Wildman–Crippen LogP) is 2.21. The van der Waals surface area contributed by atoms with E-state index in [9.17, 15) is 4.39 Å². The molecule has 3 aromatic rings. The van der Waals surface area contributed by atoms with E-state index in [0.717, 1.165) is 48.9 Å². The molecule has 1 saturated heterocycles. The maximum atomic E-state index is 13.3. The Labute approximate surface area is 169 Å². The summed E-state index contributed by atoms with van der Waals surface area (Å²) in [7, 11) is 3.81. The molecule has 7 nitrogen and oxygen atoms in total. The first-order valence-corrected chi connectivity index (χ1v) is 9.71. The first-order valence-electron chi connectivity index (χ1n) is 9.71. The van der Waals surface area contributed by atoms with Crippen LogP contribution in [0.3, 0.4) is 0 Å². The van der Waals surface area contributed by atoms with Crippen LogP contribution in [0.1, 0.15) is 23.0 Å². The van der Waals surface area contributed by atoms with Crippen LogP contribution in [0.4, 0.5) is 4.39 Å². The lowest BCUT2D eigenvalue weighted by Gasteiger charge is -2.37. The van der Waals surface area contributed by atoms with E-state index in [4.69, 9.17) is 4.74 Å². The molecule has 2 aromatic carbocycles. The van der Waals surface area contributed by atoms with Gasteiger partial charge in [-0.1, -0.05) is 30.3 Å². The molecule has 1 aliphatic heterocycles. The normalized spacial score (nSPS) is 16.7. The number of hydrogen-bond acceptors (Lipinski definition) is 6. The monoisotopic (exact) mass is 396 g/mol. The summed E-state index contributed by atoms with van der Waals surface area (Å²) in [6, 6.07) is 14.3. The van der Waals surface area contributed by atoms with Crippen LogP contribution in [0.5, 0.6) is 5.75 Å². The first kappa shape index (κ1) is 19.5. The molecule has 152 valence electrons. The minimum atomic E-state index is -0.255. The van der Waals surface area contributed by atoms with Crippen LogP contribution in [0, 0.1) is 5.82 Å². The number of para-hydroxylation sites is 1. The van der Waals surface area contributed by atoms with Crippen molar-refractivity contribution < 1.29 is 9.13 Å². The molecular weight excluding hydrogens is 371 g/mol. The lowest BCUT2D eigenvalue weighted by atomic mass is 10.0. The summed E-state index contributed by atoms with van der Waals surface area (Å²) >= 11 is 0. The third-order valence-electron chi connectivity index (χ3n) is 5.39. The molecule has 0 unspecified atom stereocenters. The number of benzene rings is 2. The van der Waals surface area contributed by atoms with E-state index in [1.807, 2.05) is 18.2 Å². The molecule has 0 amide bonds. The van der Waals surface area contributed by atoms with Crippen molar-refractivity contribution in [1.29, 1.82) is 0 Å². The van der Waals surface area contributed by atoms with Crippen LogP contribution in [0.15, 0.2) is 48.5 Å². The Kier molecular flexibility index (Phi) is 5.82. The van der Waals surface area contributed by atoms with Gasteiger partial charge in [0.2, 0.25) is 0 Å². The molecule has 0 spiro atoms. The molecule has 1 atom stereocenters. The summed E-state index contributed by atoms with van der Waals surface area (Å²) < 4.78 is 20.7. The molecule has 2 heterocycles. The van der Waals surface area contributed by atoms with Crippen molar-refractivity contribution in [3.8, 4) is 5.75 Å². The smallest absolute Gasteiger partial charge is 0.173 e. The van der Waals surface area contributed by atoms with E-state index in [-0.39, 0.29) is 11.9 Å². The number of nitrogens with zero attached hydrogens (tertiary/aromatic N) is 6. The van der Waals surface area contributed by atoms with Crippen molar-refractivity contribution >= 4 is 0 Å². The van der Waals surface area contributed by atoms with Crippen LogP contribution in [0.25, 0.3) is 0 Å². The van der Waals surface area contributed by atoms with Crippen molar-refractivity contribution in [1.82, 2.24) is 30.0 Å². The fraction of sp³-hybridized carbons (Fsp3) is 0.381. The number of tetrazole rings is 1. The van der Waals surface area contributed by atoms with E-state index < -0.39 is 0 Å². The van der Waals surface area contributed by atoms with Crippen LogP contribution in [-0.2, 0) is 6.54 Å². The second-order valence-corrected chi connectivity index (χ2v) is 7.30. The molecule has 1 aromatic heterocycles. The molecule has 0 saturated carbocycles. The van der Waals surface area contributed by atoms with E-state index >= 15 is 0 Å². The Morgan fingerprint density at radius 2 is 1.76 bits per heavy atom. The lowest BCUT2D eigenvalue weighted by molar-refractivity contribution is 0.120. The zero-order valence-electron chi connectivity index (χ0n) is 16.7. The number of methoxy groups -OCH3 is 1. The summed E-state index contributed by atoms with van der Waals surface area (Å²) in [5.41, 5.74) is 1.98. The van der Waals surface area contributed by atoms with Gasteiger partial charge in [-0.25, -0.2) is 9.07 Å². The lowest BCUT2D eigenvalue weighted by Crippen LogP contribution is -2.46. The standard InChI is InChI=1S/C21H25FN6O/c1-26-11-13-27(14-12-26)20(18-5-3-4-6-19(18)29-2)21-23-24-25-28(21)15-16-7-9-17(22)10-8-16/h3-10,20H,11-15H2,1-2H3/t20-/m1/s1. The third kappa shape index (κ3) is 4.28. The number of aromatic nitrogens is 4. The molecular formula is C21H25FN6O. The van der Waals surface area contributed by atoms with E-state index in [2.05, 4.69) is 38.4 Å². The topological polar surface area (TPSA) is 59.3 Å². The molecule has 1 fully saturated rings. The van der Waals surface area contributed by atoms with Gasteiger partial charge in [-0.3, -0.25) is 4.90 Å². The van der Waals surface area contributed by atoms with Crippen LogP contribution < -0.4 is 4.74 Å². The van der Waals surface area contributed by atoms with E-state index in [1.165, 1.54) is 12.1 Å². The van der Waals surface area contributed by atoms with Crippen LogP contribution >= 0.6 is 0 Å². The van der Waals surface area contributed by atoms with Crippen molar-refractivity contribution in [3.05, 3.63) is 71.3 Å². The zero-order valence-corrected chi connectivity index (χ0v) is 16.7. The molecule has 29 heavy (non-hydrogen) atoms. The van der Waals surface area contributed by atoms with Crippen molar-refractivity contribution in [2.45, 2.75) is 12.6 Å². The maximum Gasteiger partial charge on any atom is 0.173 e. The highest BCUT2D eigenvalue weighted by Crippen LogP contribution is 2.34. The highest BCUT2D eigenvalue weighted by molar-refractivity contribution is 5.39. The van der Waals surface area contributed by atoms with Crippen molar-refractivity contribution in [2.24, 2.45) is 0 Å². The Morgan fingerprint density at radius 1 is 1.03 bits per heavy atom. The van der Waals surface area contributed by atoms with Crippen molar-refractivity contribution in [2.75, 3.05) is 40.3 Å². The quantitative estimate of drug-likeness (QED) is 0.637. The van der Waals surface area contributed by atoms with Gasteiger partial charge in [0.25, 0.3) is 0 Å². The molecule has 0 radical (unpaired) electrons. The predicted molar refractivity (Wildman–Crippen MR) is 107 cm³/mol. The zero-order chi connectivity index (χ0) is 20.2. The highest BCUT2D eigenvalue weighted by Gasteiger charge is 2.31. The summed E-state index contributed by atoms with van der Waals surface area (Å²) in [5, 5.41) is 12.6. The number of rotatable bonds is 6. The van der Waals surface area contributed by atoms with Gasteiger partial charge < -0.3 is 9.64 Å². The van der Waals surface area contributed by atoms with Crippen LogP contribution in [-0.4, -0.2) is 70.3 Å². The van der Waals surface area contributed by atoms with Gasteiger partial charge in [-0.05, 0) is 41.2 Å². The fourth-order valence-electron chi connectivity index (χ4n) is 3.75. The number of piperazine rings is 1. The van der Waals surface area contributed by atoms with Gasteiger partial charge in [-0.15, -0.1) is 5.10 Å². The maximum absolute atomic E-state index is 13.3. The Balaban J connectivity index is 1.72. The molecule has 0 bridgehead atoms. The number of halogens is 1. The highest BCUT2D eigenvalue weighted by atomic mass is 19.1. The summed E-state index contributed by atoms with van der Waals surface area (Å²) in [6.45, 7) is 4.24. The average molecular weight is 396 g/mol. The SMILES string of the molecule is COc1ccccc1[C@H](c1nnnn1Cc1ccc(F)cc1)N1CCN(C)CC1. The number of hydrogen-bond donors (Lipinski definition) is 0. The van der Waals surface area contributed by atoms with Crippen LogP contribution in [0.2, 0.25) is 0 Å². The second kappa shape index (κ2) is 8.67. The Hall–Kier alpha value is -2.84. The van der Waals surface area contributed by atoms with Gasteiger partial charge in [0.15, 0.2) is 5.82 Å². The second-order valence-electron chi connectivity index (χ2n) is 7.30.